The largest absolute Gasteiger partial charge is 0.366 e. The highest BCUT2D eigenvalue weighted by atomic mass is 32.2. The Morgan fingerprint density at radius 3 is 2.58 bits per heavy atom. The minimum atomic E-state index is -0.623. The molecular formula is C22H18N4O3S2. The summed E-state index contributed by atoms with van der Waals surface area (Å²) in [6.45, 7) is 1.96. The molecule has 0 spiro atoms. The summed E-state index contributed by atoms with van der Waals surface area (Å²) < 4.78 is 0. The number of fused-ring (bicyclic) bond motifs is 1. The number of nitrogens with one attached hydrogen (secondary N) is 2. The van der Waals surface area contributed by atoms with Gasteiger partial charge in [-0.3, -0.25) is 14.4 Å². The van der Waals surface area contributed by atoms with Gasteiger partial charge in [-0.05, 0) is 24.6 Å². The molecule has 0 fully saturated rings. The first-order valence-corrected chi connectivity index (χ1v) is 11.1. The number of rotatable bonds is 6. The van der Waals surface area contributed by atoms with E-state index in [1.165, 1.54) is 11.3 Å². The number of aromatic nitrogens is 2. The lowest BCUT2D eigenvalue weighted by molar-refractivity contribution is -0.113. The van der Waals surface area contributed by atoms with Gasteiger partial charge in [-0.2, -0.15) is 0 Å². The van der Waals surface area contributed by atoms with E-state index < -0.39 is 5.91 Å². The smallest absolute Gasteiger partial charge is 0.260 e. The van der Waals surface area contributed by atoms with Crippen molar-refractivity contribution in [1.29, 1.82) is 0 Å². The van der Waals surface area contributed by atoms with Gasteiger partial charge < -0.3 is 16.0 Å². The molecule has 0 saturated carbocycles. The van der Waals surface area contributed by atoms with Crippen LogP contribution in [0.1, 0.15) is 15.2 Å². The van der Waals surface area contributed by atoms with Gasteiger partial charge in [-0.15, -0.1) is 11.3 Å². The maximum absolute atomic E-state index is 12.8. The van der Waals surface area contributed by atoms with Crippen molar-refractivity contribution >= 4 is 50.8 Å². The predicted molar refractivity (Wildman–Crippen MR) is 125 cm³/mol. The highest BCUT2D eigenvalue weighted by Crippen LogP contribution is 2.35. The number of aromatic amines is 1. The van der Waals surface area contributed by atoms with E-state index >= 15 is 0 Å². The standard InChI is InChI=1S/C22H18N4O3S2/c1-12-17(13-7-3-2-4-8-13)18-20(29)25-22(26-21(18)31-12)30-11-16(27)24-15-10-6-5-9-14(15)19(23)28/h2-10H,11H2,1H3,(H2,23,28)(H,24,27)(H,25,26,29). The number of anilines is 1. The number of hydrogen-bond acceptors (Lipinski definition) is 6. The van der Waals surface area contributed by atoms with Gasteiger partial charge in [0.15, 0.2) is 5.16 Å². The molecule has 0 atom stereocenters. The van der Waals surface area contributed by atoms with E-state index in [1.54, 1.807) is 24.3 Å². The molecule has 0 bridgehead atoms. The lowest BCUT2D eigenvalue weighted by atomic mass is 10.0. The fourth-order valence-corrected chi connectivity index (χ4v) is 5.01. The fraction of sp³-hybridized carbons (Fsp3) is 0.0909. The Morgan fingerprint density at radius 1 is 1.13 bits per heavy atom. The minimum absolute atomic E-state index is 0.0114. The van der Waals surface area contributed by atoms with Crippen LogP contribution in [0, 0.1) is 6.92 Å². The zero-order valence-electron chi connectivity index (χ0n) is 16.5. The highest BCUT2D eigenvalue weighted by molar-refractivity contribution is 7.99. The van der Waals surface area contributed by atoms with E-state index in [2.05, 4.69) is 15.3 Å². The third-order valence-electron chi connectivity index (χ3n) is 4.59. The van der Waals surface area contributed by atoms with E-state index in [4.69, 9.17) is 5.73 Å². The Hall–Kier alpha value is -3.43. The molecule has 156 valence electrons. The van der Waals surface area contributed by atoms with Gasteiger partial charge in [-0.25, -0.2) is 4.98 Å². The number of thiophene rings is 1. The first-order chi connectivity index (χ1) is 14.9. The van der Waals surface area contributed by atoms with Crippen LogP contribution in [0.15, 0.2) is 64.5 Å². The fourth-order valence-electron chi connectivity index (χ4n) is 3.25. The summed E-state index contributed by atoms with van der Waals surface area (Å²) in [5.74, 6) is -0.951. The number of aryl methyl sites for hydroxylation is 1. The van der Waals surface area contributed by atoms with Crippen LogP contribution >= 0.6 is 23.1 Å². The van der Waals surface area contributed by atoms with Gasteiger partial charge in [0, 0.05) is 10.4 Å². The van der Waals surface area contributed by atoms with Crippen molar-refractivity contribution in [3.63, 3.8) is 0 Å². The monoisotopic (exact) mass is 450 g/mol. The number of H-pyrrole nitrogens is 1. The average Bonchev–Trinajstić information content (AvgIpc) is 3.09. The van der Waals surface area contributed by atoms with E-state index in [0.717, 1.165) is 27.8 Å². The topological polar surface area (TPSA) is 118 Å². The van der Waals surface area contributed by atoms with Crippen LogP contribution in [0.4, 0.5) is 5.69 Å². The average molecular weight is 451 g/mol. The first kappa shape index (κ1) is 20.8. The van der Waals surface area contributed by atoms with Crippen molar-refractivity contribution in [2.24, 2.45) is 5.73 Å². The number of amides is 2. The molecule has 4 rings (SSSR count). The molecule has 2 aromatic heterocycles. The van der Waals surface area contributed by atoms with Crippen LogP contribution in [-0.4, -0.2) is 27.5 Å². The number of hydrogen-bond donors (Lipinski definition) is 3. The molecule has 0 aliphatic heterocycles. The van der Waals surface area contributed by atoms with Crippen LogP contribution in [-0.2, 0) is 4.79 Å². The van der Waals surface area contributed by atoms with Crippen molar-refractivity contribution in [2.75, 3.05) is 11.1 Å². The highest BCUT2D eigenvalue weighted by Gasteiger charge is 2.17. The second-order valence-corrected chi connectivity index (χ2v) is 8.86. The summed E-state index contributed by atoms with van der Waals surface area (Å²) in [4.78, 5) is 45.6. The lowest BCUT2D eigenvalue weighted by Gasteiger charge is -2.08. The Balaban J connectivity index is 1.55. The summed E-state index contributed by atoms with van der Waals surface area (Å²) in [5, 5.41) is 3.58. The predicted octanol–water partition coefficient (Wildman–Crippen LogP) is 3.79. The third kappa shape index (κ3) is 4.37. The van der Waals surface area contributed by atoms with Gasteiger partial charge in [0.1, 0.15) is 4.83 Å². The SMILES string of the molecule is Cc1sc2nc(SCC(=O)Nc3ccccc3C(N)=O)[nH]c(=O)c2c1-c1ccccc1. The molecule has 2 aromatic carbocycles. The zero-order valence-corrected chi connectivity index (χ0v) is 18.1. The summed E-state index contributed by atoms with van der Waals surface area (Å²) in [7, 11) is 0. The summed E-state index contributed by atoms with van der Waals surface area (Å²) in [6.07, 6.45) is 0. The van der Waals surface area contributed by atoms with E-state index in [1.807, 2.05) is 37.3 Å². The second kappa shape index (κ2) is 8.75. The Labute approximate surface area is 185 Å². The molecule has 2 heterocycles. The summed E-state index contributed by atoms with van der Waals surface area (Å²) in [6, 6.07) is 16.2. The van der Waals surface area contributed by atoms with Gasteiger partial charge in [0.05, 0.1) is 22.4 Å². The number of nitrogens with zero attached hydrogens (tertiary/aromatic N) is 1. The van der Waals surface area contributed by atoms with Gasteiger partial charge >= 0.3 is 0 Å². The molecule has 4 N–H and O–H groups in total. The van der Waals surface area contributed by atoms with Crippen molar-refractivity contribution < 1.29 is 9.59 Å². The van der Waals surface area contributed by atoms with Gasteiger partial charge in [0.25, 0.3) is 11.5 Å². The Bertz CT molecular complexity index is 1350. The van der Waals surface area contributed by atoms with Crippen LogP contribution < -0.4 is 16.6 Å². The maximum atomic E-state index is 12.8. The van der Waals surface area contributed by atoms with Crippen molar-refractivity contribution in [2.45, 2.75) is 12.1 Å². The quantitative estimate of drug-likeness (QED) is 0.305. The number of primary amides is 1. The maximum Gasteiger partial charge on any atom is 0.260 e. The first-order valence-electron chi connectivity index (χ1n) is 9.34. The molecule has 0 unspecified atom stereocenters. The number of thioether (sulfide) groups is 1. The molecule has 9 heteroatoms. The van der Waals surface area contributed by atoms with Crippen LogP contribution in [0.2, 0.25) is 0 Å². The molecule has 2 amide bonds. The number of carbonyl (C=O) groups is 2. The molecule has 4 aromatic rings. The second-order valence-electron chi connectivity index (χ2n) is 6.70. The Kier molecular flexibility index (Phi) is 5.88. The van der Waals surface area contributed by atoms with Crippen LogP contribution in [0.3, 0.4) is 0 Å². The van der Waals surface area contributed by atoms with Crippen LogP contribution in [0.25, 0.3) is 21.3 Å². The van der Waals surface area contributed by atoms with Gasteiger partial charge in [0.2, 0.25) is 5.91 Å². The van der Waals surface area contributed by atoms with E-state index in [9.17, 15) is 14.4 Å². The Morgan fingerprint density at radius 2 is 1.84 bits per heavy atom. The van der Waals surface area contributed by atoms with Crippen LogP contribution in [0.5, 0.6) is 0 Å². The molecule has 31 heavy (non-hydrogen) atoms. The summed E-state index contributed by atoms with van der Waals surface area (Å²) >= 11 is 2.56. The molecule has 0 aliphatic carbocycles. The van der Waals surface area contributed by atoms with Crippen molar-refractivity contribution in [3.8, 4) is 11.1 Å². The molecule has 7 nitrogen and oxygen atoms in total. The van der Waals surface area contributed by atoms with E-state index in [-0.39, 0.29) is 22.8 Å². The van der Waals surface area contributed by atoms with E-state index in [0.29, 0.717) is 21.1 Å². The lowest BCUT2D eigenvalue weighted by Crippen LogP contribution is -2.19. The van der Waals surface area contributed by atoms with Gasteiger partial charge in [-0.1, -0.05) is 54.2 Å². The molecule has 0 saturated heterocycles. The normalized spacial score (nSPS) is 10.9. The number of para-hydroxylation sites is 1. The minimum Gasteiger partial charge on any atom is -0.366 e. The number of benzene rings is 2. The molecule has 0 aliphatic rings. The van der Waals surface area contributed by atoms with Crippen molar-refractivity contribution in [3.05, 3.63) is 75.4 Å². The number of nitrogens with two attached hydrogens (primary N) is 1. The summed E-state index contributed by atoms with van der Waals surface area (Å²) in [5.41, 5.74) is 7.52. The van der Waals surface area contributed by atoms with Crippen molar-refractivity contribution in [1.82, 2.24) is 9.97 Å². The molecule has 0 radical (unpaired) electrons. The molecular weight excluding hydrogens is 432 g/mol. The third-order valence-corrected chi connectivity index (χ3v) is 6.46. The zero-order chi connectivity index (χ0) is 22.0. The number of carbonyl (C=O) groups excluding carboxylic acids is 2.